The van der Waals surface area contributed by atoms with Crippen LogP contribution in [0.3, 0.4) is 0 Å². The number of aromatic nitrogens is 3. The molecular weight excluding hydrogens is 464 g/mol. The van der Waals surface area contributed by atoms with Crippen LogP contribution < -0.4 is 9.47 Å². The van der Waals surface area contributed by atoms with E-state index in [4.69, 9.17) is 16.3 Å². The van der Waals surface area contributed by atoms with Crippen molar-refractivity contribution in [1.82, 2.24) is 14.8 Å². The fraction of sp³-hybridized carbons (Fsp3) is 0.143. The number of alkyl halides is 2. The lowest BCUT2D eigenvalue weighted by atomic mass is 10.2. The van der Waals surface area contributed by atoms with Crippen molar-refractivity contribution in [3.63, 3.8) is 0 Å². The van der Waals surface area contributed by atoms with Crippen LogP contribution in [0.25, 0.3) is 16.6 Å². The van der Waals surface area contributed by atoms with Crippen LogP contribution in [-0.4, -0.2) is 36.9 Å². The Balaban J connectivity index is 1.94. The van der Waals surface area contributed by atoms with Gasteiger partial charge in [-0.1, -0.05) is 17.7 Å². The van der Waals surface area contributed by atoms with Gasteiger partial charge in [-0.05, 0) is 43.3 Å². The number of aryl methyl sites for hydroxylation is 1. The van der Waals surface area contributed by atoms with Gasteiger partial charge in [-0.2, -0.15) is 13.9 Å². The third-order valence-electron chi connectivity index (χ3n) is 4.75. The molecule has 0 bridgehead atoms. The van der Waals surface area contributed by atoms with Crippen LogP contribution in [-0.2, 0) is 9.84 Å². The summed E-state index contributed by atoms with van der Waals surface area (Å²) in [6.07, 6.45) is 1.50. The van der Waals surface area contributed by atoms with Crippen LogP contribution >= 0.6 is 11.6 Å². The van der Waals surface area contributed by atoms with E-state index in [9.17, 15) is 17.2 Å². The third-order valence-corrected chi connectivity index (χ3v) is 6.71. The largest absolute Gasteiger partial charge is 0.497 e. The molecule has 0 spiro atoms. The molecule has 0 fully saturated rings. The second kappa shape index (κ2) is 8.36. The number of fused-ring (bicyclic) bond motifs is 1. The molecule has 2 heterocycles. The second-order valence-corrected chi connectivity index (χ2v) is 9.05. The van der Waals surface area contributed by atoms with Crippen molar-refractivity contribution in [2.24, 2.45) is 0 Å². The molecule has 7 nitrogen and oxygen atoms in total. The van der Waals surface area contributed by atoms with Crippen LogP contribution in [0.1, 0.15) is 5.69 Å². The van der Waals surface area contributed by atoms with Crippen molar-refractivity contribution in [2.75, 3.05) is 7.11 Å². The minimum atomic E-state index is -4.00. The number of ether oxygens (including phenoxy) is 2. The Hall–Kier alpha value is -3.24. The van der Waals surface area contributed by atoms with E-state index in [1.807, 2.05) is 0 Å². The van der Waals surface area contributed by atoms with Crippen LogP contribution in [0.5, 0.6) is 11.5 Å². The number of hydrogen-bond acceptors (Lipinski definition) is 6. The summed E-state index contributed by atoms with van der Waals surface area (Å²) in [7, 11) is -2.58. The highest BCUT2D eigenvalue weighted by atomic mass is 35.5. The van der Waals surface area contributed by atoms with Crippen molar-refractivity contribution in [1.29, 1.82) is 0 Å². The Morgan fingerprint density at radius 2 is 1.84 bits per heavy atom. The van der Waals surface area contributed by atoms with Crippen LogP contribution in [0, 0.1) is 6.92 Å². The monoisotopic (exact) mass is 479 g/mol. The highest BCUT2D eigenvalue weighted by molar-refractivity contribution is 7.91. The Kier molecular flexibility index (Phi) is 5.74. The molecule has 11 heteroatoms. The molecule has 32 heavy (non-hydrogen) atoms. The van der Waals surface area contributed by atoms with Gasteiger partial charge in [0.25, 0.3) is 0 Å². The molecule has 0 saturated carbocycles. The molecule has 166 valence electrons. The molecule has 0 N–H and O–H groups in total. The summed E-state index contributed by atoms with van der Waals surface area (Å²) >= 11 is 6.01. The summed E-state index contributed by atoms with van der Waals surface area (Å²) in [5, 5.41) is 5.16. The Bertz CT molecular complexity index is 1420. The topological polar surface area (TPSA) is 83.3 Å². The smallest absolute Gasteiger partial charge is 0.387 e. The molecule has 0 radical (unpaired) electrons. The summed E-state index contributed by atoms with van der Waals surface area (Å²) in [5.74, 6) is 0.113. The fourth-order valence-electron chi connectivity index (χ4n) is 3.25. The summed E-state index contributed by atoms with van der Waals surface area (Å²) in [5.41, 5.74) is 1.01. The van der Waals surface area contributed by atoms with Crippen molar-refractivity contribution >= 4 is 32.3 Å². The first-order valence-electron chi connectivity index (χ1n) is 9.20. The number of halogens is 3. The molecule has 0 aliphatic rings. The number of rotatable bonds is 6. The molecule has 4 aromatic rings. The zero-order chi connectivity index (χ0) is 23.0. The molecule has 0 saturated heterocycles. The van der Waals surface area contributed by atoms with Crippen molar-refractivity contribution in [3.05, 3.63) is 65.6 Å². The average molecular weight is 480 g/mol. The van der Waals surface area contributed by atoms with Gasteiger partial charge in [0.05, 0.1) is 28.1 Å². The lowest BCUT2D eigenvalue weighted by Crippen LogP contribution is -2.09. The normalized spacial score (nSPS) is 11.8. The lowest BCUT2D eigenvalue weighted by Gasteiger charge is -2.14. The molecule has 0 aliphatic carbocycles. The van der Waals surface area contributed by atoms with Gasteiger partial charge in [-0.25, -0.2) is 18.1 Å². The molecule has 0 unspecified atom stereocenters. The number of nitrogens with zero attached hydrogens (tertiary/aromatic N) is 3. The van der Waals surface area contributed by atoms with Crippen LogP contribution in [0.4, 0.5) is 8.78 Å². The zero-order valence-electron chi connectivity index (χ0n) is 16.8. The SMILES string of the molecule is COc1cccc(S(=O)(=O)c2ccc(OC(F)F)c(-n3nc(C)c4cnc(Cl)cc43)c2)c1. The zero-order valence-corrected chi connectivity index (χ0v) is 18.4. The first-order valence-corrected chi connectivity index (χ1v) is 11.1. The van der Waals surface area contributed by atoms with Gasteiger partial charge in [-0.3, -0.25) is 0 Å². The summed E-state index contributed by atoms with van der Waals surface area (Å²) in [4.78, 5) is 3.86. The standard InChI is InChI=1S/C21H16ClF2N3O4S/c1-12-16-11-25-20(22)10-17(16)27(26-12)18-9-15(6-7-19(18)31-21(23)24)32(28,29)14-5-3-4-13(8-14)30-2/h3-11,21H,1-2H3. The van der Waals surface area contributed by atoms with E-state index in [2.05, 4.69) is 14.8 Å². The van der Waals surface area contributed by atoms with E-state index in [-0.39, 0.29) is 26.4 Å². The molecular formula is C21H16ClF2N3O4S. The first kappa shape index (κ1) is 22.0. The molecule has 0 aliphatic heterocycles. The van der Waals surface area contributed by atoms with E-state index in [0.717, 1.165) is 0 Å². The average Bonchev–Trinajstić information content (AvgIpc) is 3.09. The maximum atomic E-state index is 13.2. The highest BCUT2D eigenvalue weighted by Gasteiger charge is 2.23. The predicted octanol–water partition coefficient (Wildman–Crippen LogP) is 4.83. The van der Waals surface area contributed by atoms with E-state index < -0.39 is 16.4 Å². The highest BCUT2D eigenvalue weighted by Crippen LogP contribution is 2.33. The summed E-state index contributed by atoms with van der Waals surface area (Å²) in [6, 6.07) is 11.0. The van der Waals surface area contributed by atoms with Gasteiger partial charge in [0, 0.05) is 17.6 Å². The molecule has 0 atom stereocenters. The Labute approximate surface area is 187 Å². The van der Waals surface area contributed by atoms with Crippen molar-refractivity contribution in [2.45, 2.75) is 23.3 Å². The second-order valence-electron chi connectivity index (χ2n) is 6.71. The summed E-state index contributed by atoms with van der Waals surface area (Å²) < 4.78 is 63.7. The number of benzene rings is 2. The third kappa shape index (κ3) is 3.98. The minimum Gasteiger partial charge on any atom is -0.497 e. The quantitative estimate of drug-likeness (QED) is 0.368. The first-order chi connectivity index (χ1) is 15.2. The number of hydrogen-bond donors (Lipinski definition) is 0. The molecule has 4 rings (SSSR count). The van der Waals surface area contributed by atoms with Gasteiger partial charge in [0.15, 0.2) is 5.75 Å². The maximum Gasteiger partial charge on any atom is 0.387 e. The van der Waals surface area contributed by atoms with Crippen LogP contribution in [0.2, 0.25) is 5.15 Å². The number of sulfone groups is 1. The lowest BCUT2D eigenvalue weighted by molar-refractivity contribution is -0.0499. The van der Waals surface area contributed by atoms with Crippen molar-refractivity contribution in [3.8, 4) is 17.2 Å². The molecule has 0 amide bonds. The minimum absolute atomic E-state index is 0.00892. The summed E-state index contributed by atoms with van der Waals surface area (Å²) in [6.45, 7) is -1.42. The number of pyridine rings is 1. The Morgan fingerprint density at radius 3 is 2.56 bits per heavy atom. The van der Waals surface area contributed by atoms with E-state index in [0.29, 0.717) is 22.3 Å². The van der Waals surface area contributed by atoms with Gasteiger partial charge in [0.2, 0.25) is 9.84 Å². The predicted molar refractivity (Wildman–Crippen MR) is 114 cm³/mol. The Morgan fingerprint density at radius 1 is 1.09 bits per heavy atom. The maximum absolute atomic E-state index is 13.2. The van der Waals surface area contributed by atoms with Gasteiger partial charge >= 0.3 is 6.61 Å². The van der Waals surface area contributed by atoms with Gasteiger partial charge in [0.1, 0.15) is 16.6 Å². The van der Waals surface area contributed by atoms with Gasteiger partial charge < -0.3 is 9.47 Å². The van der Waals surface area contributed by atoms with Gasteiger partial charge in [-0.15, -0.1) is 0 Å². The van der Waals surface area contributed by atoms with Crippen molar-refractivity contribution < 1.29 is 26.7 Å². The molecule has 2 aromatic carbocycles. The number of methoxy groups -OCH3 is 1. The fourth-order valence-corrected chi connectivity index (χ4v) is 4.71. The van der Waals surface area contributed by atoms with E-state index in [1.54, 1.807) is 19.1 Å². The molecule has 2 aromatic heterocycles. The van der Waals surface area contributed by atoms with Crippen LogP contribution in [0.15, 0.2) is 64.5 Å². The van der Waals surface area contributed by atoms with E-state index in [1.165, 1.54) is 54.4 Å². The van der Waals surface area contributed by atoms with E-state index >= 15 is 0 Å².